The van der Waals surface area contributed by atoms with Crippen molar-refractivity contribution in [3.8, 4) is 0 Å². The normalized spacial score (nSPS) is 29.5. The van der Waals surface area contributed by atoms with Gasteiger partial charge in [0.05, 0.1) is 64.5 Å². The van der Waals surface area contributed by atoms with Gasteiger partial charge in [-0.15, -0.1) is 0 Å². The van der Waals surface area contributed by atoms with E-state index in [1.54, 1.807) is 6.92 Å². The molecule has 10 N–H and O–H groups in total. The molecule has 16 heterocycles. The molecule has 0 aromatic carbocycles. The quantitative estimate of drug-likeness (QED) is 0.0165. The van der Waals surface area contributed by atoms with E-state index in [0.717, 1.165) is 54.9 Å². The molecule has 794 valence electrons. The van der Waals surface area contributed by atoms with Crippen LogP contribution in [0.15, 0.2) is 103 Å². The highest BCUT2D eigenvalue weighted by Crippen LogP contribution is 2.65. The van der Waals surface area contributed by atoms with Gasteiger partial charge in [0.2, 0.25) is 5.95 Å². The number of nitrogen functional groups attached to an aromatic ring is 2. The van der Waals surface area contributed by atoms with E-state index in [2.05, 4.69) is 141 Å². The van der Waals surface area contributed by atoms with Gasteiger partial charge in [0.1, 0.15) is 129 Å². The fourth-order valence-corrected chi connectivity index (χ4v) is 27.0. The van der Waals surface area contributed by atoms with E-state index in [0.29, 0.717) is 0 Å². The molecular formula is C72H95N20O39P7S7. The van der Waals surface area contributed by atoms with E-state index in [-0.39, 0.29) is 87.6 Å². The highest BCUT2D eigenvalue weighted by molar-refractivity contribution is 8.46. The molecule has 16 rings (SSSR count). The van der Waals surface area contributed by atoms with Gasteiger partial charge in [-0.1, -0.05) is 92.7 Å². The van der Waals surface area contributed by atoms with Gasteiger partial charge in [0.15, 0.2) is 22.6 Å². The summed E-state index contributed by atoms with van der Waals surface area (Å²) in [5.74, 6) is -0.321. The van der Waals surface area contributed by atoms with Crippen LogP contribution in [-0.4, -0.2) is 219 Å². The number of imidazole rings is 2. The summed E-state index contributed by atoms with van der Waals surface area (Å²) < 4.78 is 235. The van der Waals surface area contributed by atoms with Gasteiger partial charge in [-0.2, -0.15) is 4.98 Å². The summed E-state index contributed by atoms with van der Waals surface area (Å²) in [5, 5.41) is 0. The molecule has 59 nitrogen and oxygen atoms in total. The van der Waals surface area contributed by atoms with Crippen molar-refractivity contribution in [3.05, 3.63) is 192 Å². The van der Waals surface area contributed by atoms with Crippen molar-refractivity contribution < 1.29 is 128 Å². The zero-order valence-electron chi connectivity index (χ0n) is 76.3. The molecule has 0 radical (unpaired) electrons. The number of anilines is 2. The van der Waals surface area contributed by atoms with Gasteiger partial charge >= 0.3 is 76.0 Å². The zero-order chi connectivity index (χ0) is 105. The van der Waals surface area contributed by atoms with Gasteiger partial charge in [0, 0.05) is 111 Å². The number of rotatable bonds is 41. The van der Waals surface area contributed by atoms with Crippen LogP contribution in [0.25, 0.3) is 22.3 Å². The first kappa shape index (κ1) is 111. The van der Waals surface area contributed by atoms with E-state index >= 15 is 9.13 Å². The third kappa shape index (κ3) is 26.2. The van der Waals surface area contributed by atoms with Crippen LogP contribution in [0, 0.1) is 34.6 Å². The SMILES string of the molecule is CC[C@H]1O[C@@H](n2cc(C)c(=O)[nH]c2=O)CC1OP(=O)(S)OC[C@H]1O[C@@H](n2cc(C)c(=O)[nH]c2=O)CC1OP(=O)(S)OC[C@H]1O[C@@H](n2cc(C)c(=O)[nH]c2=O)CC1OP(=O)(S)OC[C@H]1O[C@@H](n2cnc3c(=O)[nH]c(N)nc32)CC1OP(=O)(S)OC[C@H]1O[C@@H](n2cc(C)c(=O)[nH]c2=O)CC1OP(=O)(S)OC[C@H]1O[C@@H](n2cc(C)c(=O)[nH]c2=O)CC1OP(=O)(S)OC[C@H]1O[C@@H](n2cnc3c(N)ncnc32)CC1OP(=O)(S)OC. The Hall–Kier alpha value is -6.88. The van der Waals surface area contributed by atoms with Gasteiger partial charge in [-0.3, -0.25) is 149 Å². The van der Waals surface area contributed by atoms with Crippen LogP contribution >= 0.6 is 133 Å². The number of nitrogens with one attached hydrogen (secondary N) is 6. The average molecular weight is 2310 g/mol. The van der Waals surface area contributed by atoms with Gasteiger partial charge < -0.3 is 49.1 Å². The number of aromatic amines is 6. The Morgan fingerprint density at radius 3 is 0.821 bits per heavy atom. The Labute approximate surface area is 849 Å². The third-order valence-corrected chi connectivity index (χ3v) is 35.5. The second kappa shape index (κ2) is 44.4. The van der Waals surface area contributed by atoms with Crippen molar-refractivity contribution in [1.82, 2.24) is 86.8 Å². The minimum atomic E-state index is -4.97. The Kier molecular flexibility index (Phi) is 33.9. The van der Waals surface area contributed by atoms with Crippen molar-refractivity contribution in [2.45, 2.75) is 222 Å². The molecule has 0 saturated carbocycles. The molecule has 7 aliphatic heterocycles. The highest BCUT2D eigenvalue weighted by atomic mass is 32.7. The summed E-state index contributed by atoms with van der Waals surface area (Å²) in [5.41, 5.74) is 3.20. The summed E-state index contributed by atoms with van der Waals surface area (Å²) in [4.78, 5) is 177. The Balaban J connectivity index is 0.610. The molecule has 9 aromatic rings. The van der Waals surface area contributed by atoms with Crippen molar-refractivity contribution >= 4 is 167 Å². The third-order valence-electron chi connectivity index (χ3n) is 23.9. The molecular weight excluding hydrogens is 2210 g/mol. The van der Waals surface area contributed by atoms with Crippen molar-refractivity contribution in [3.63, 3.8) is 0 Å². The lowest BCUT2D eigenvalue weighted by Crippen LogP contribution is -2.33. The summed E-state index contributed by atoms with van der Waals surface area (Å²) >= 11 is 29.8. The maximum atomic E-state index is 15.1. The van der Waals surface area contributed by atoms with E-state index in [1.807, 2.05) is 0 Å². The number of thiol groups is 7. The molecule has 0 spiro atoms. The number of hydrogen-bond acceptors (Lipinski definition) is 46. The summed E-state index contributed by atoms with van der Waals surface area (Å²) in [6.45, 7) is -29.3. The molecule has 0 bridgehead atoms. The average Bonchev–Trinajstić information content (AvgIpc) is 1.62. The first-order valence-corrected chi connectivity index (χ1v) is 62.4. The molecule has 14 unspecified atom stereocenters. The smallest absolute Gasteiger partial charge is 0.382 e. The first-order chi connectivity index (χ1) is 68.2. The number of hydrogen-bond donors (Lipinski definition) is 15. The fraction of sp³-hybridized carbons (Fsp3) is 0.583. The molecule has 0 aliphatic carbocycles. The van der Waals surface area contributed by atoms with E-state index in [1.165, 1.54) is 68.8 Å². The maximum Gasteiger partial charge on any atom is 0.386 e. The van der Waals surface area contributed by atoms with Crippen LogP contribution in [0.2, 0.25) is 0 Å². The molecule has 9 aromatic heterocycles. The number of aromatic nitrogens is 18. The van der Waals surface area contributed by atoms with E-state index in [9.17, 15) is 75.6 Å². The zero-order valence-corrected chi connectivity index (χ0v) is 88.9. The van der Waals surface area contributed by atoms with Gasteiger partial charge in [-0.05, 0) is 41.0 Å². The molecule has 0 amide bonds. The van der Waals surface area contributed by atoms with Crippen LogP contribution < -0.4 is 73.3 Å². The maximum absolute atomic E-state index is 15.1. The number of ether oxygens (including phenoxy) is 7. The molecule has 7 aliphatic rings. The summed E-state index contributed by atoms with van der Waals surface area (Å²) in [6, 6.07) is 0. The summed E-state index contributed by atoms with van der Waals surface area (Å²) in [6.07, 6.45) is -21.2. The number of nitrogens with two attached hydrogens (primary N) is 2. The molecule has 73 heteroatoms. The van der Waals surface area contributed by atoms with Crippen molar-refractivity contribution in [1.29, 1.82) is 0 Å². The topological polar surface area (TPSA) is 747 Å². The second-order valence-electron chi connectivity index (χ2n) is 34.0. The minimum absolute atomic E-state index is 0.00508. The fourth-order valence-electron chi connectivity index (χ4n) is 16.8. The van der Waals surface area contributed by atoms with E-state index in [4.69, 9.17) is 108 Å². The Morgan fingerprint density at radius 1 is 0.324 bits per heavy atom. The van der Waals surface area contributed by atoms with Crippen LogP contribution in [0.1, 0.15) is 130 Å². The van der Waals surface area contributed by atoms with Crippen LogP contribution in [-0.2, 0) is 128 Å². The second-order valence-corrected chi connectivity index (χ2v) is 54.2. The first-order valence-electron chi connectivity index (χ1n) is 43.5. The molecule has 7 fully saturated rings. The number of fused-ring (bicyclic) bond motifs is 2. The Bertz CT molecular complexity index is 7530. The number of H-pyrrole nitrogens is 6. The monoisotopic (exact) mass is 2300 g/mol. The number of nitrogens with zero attached hydrogens (tertiary/aromatic N) is 12. The molecule has 145 heavy (non-hydrogen) atoms. The molecule has 7 saturated heterocycles. The highest BCUT2D eigenvalue weighted by Gasteiger charge is 2.53. The summed E-state index contributed by atoms with van der Waals surface area (Å²) in [7, 11) is 1.08. The largest absolute Gasteiger partial charge is 0.386 e. The van der Waals surface area contributed by atoms with E-state index < -0.39 is 304 Å². The number of aryl methyl sites for hydroxylation is 5. The lowest BCUT2D eigenvalue weighted by atomic mass is 10.1. The molecule has 28 atom stereocenters. The lowest BCUT2D eigenvalue weighted by molar-refractivity contribution is -0.0537. The van der Waals surface area contributed by atoms with Crippen LogP contribution in [0.5, 0.6) is 0 Å². The van der Waals surface area contributed by atoms with Gasteiger partial charge in [-0.25, -0.2) is 75.9 Å². The predicted octanol–water partition coefficient (Wildman–Crippen LogP) is 5.55. The predicted molar refractivity (Wildman–Crippen MR) is 526 cm³/mol. The van der Waals surface area contributed by atoms with Crippen LogP contribution in [0.3, 0.4) is 0 Å². The van der Waals surface area contributed by atoms with Crippen LogP contribution in [0.4, 0.5) is 11.8 Å². The van der Waals surface area contributed by atoms with Crippen molar-refractivity contribution in [2.24, 2.45) is 0 Å². The van der Waals surface area contributed by atoms with Gasteiger partial charge in [0.25, 0.3) is 33.4 Å². The van der Waals surface area contributed by atoms with Crippen molar-refractivity contribution in [2.75, 3.05) is 58.2 Å². The Morgan fingerprint density at radius 2 is 0.559 bits per heavy atom. The standard InChI is InChI=1S/C72H95N20O39P7S7/c1-8-35-36(9-49(118-35)86-16-30(2)61(93)81-68(86)99)126-133(105,140)112-22-44-38(10-50(119-44)87-17-31(3)62(94)82-69(87)100)128-135(107,142)114-24-46-41(13-53(121-46)90-20-34(6)65(97)85-72(90)103)130-137(109,144)117-26-48-42(15-55(124-48)92-29-78-57-60(92)79-67(74)80-66(57)98)131-138(110,145)116-25-47-40(12-52(122-47)89-19-33(5)64(96)84-71(89)102)129-136(108,143)115-23-45-39(11-51(120-45)88-18-32(4)63(95)83-70(88)101)127-134(106,141)113-21-43-37(125-132(104,139)111-7)14-54(123-43)91-28-77-56-58(73)75-27-76-59(56)91/h16-20,27-29,35-55H,8-15,21-26H2,1-7H3,(H,104,139)(H,105,140)(H,106,141)(H,107,142)(H,108,143)(H,109,144)(H,110,145)(H2,73,75,76)(H,81,93,99)(H,82,94,100)(H,83,95,101)(H,84,96,102)(H,85,97,103)(H3,74,79,80,98)/t35-,36?,37?,38?,39?,40?,41?,42?,43-,44-,45-,46-,47-,48-,49-,50-,51-,52-,53-,54-,55-,132?,133?,134?,135?,136?,137?,138?/m1/s1. The lowest BCUT2D eigenvalue weighted by Gasteiger charge is -2.27. The minimum Gasteiger partial charge on any atom is -0.382 e.